The Balaban J connectivity index is 3.64. The first-order valence-corrected chi connectivity index (χ1v) is 4.73. The van der Waals surface area contributed by atoms with E-state index in [1.165, 1.54) is 6.08 Å². The molecule has 0 fully saturated rings. The Hall–Kier alpha value is -0.830. The average molecular weight is 186 g/mol. The number of carbonyl (C=O) groups excluding carboxylic acids is 1. The number of aliphatic hydroxyl groups is 1. The quantitative estimate of drug-likeness (QED) is 0.390. The van der Waals surface area contributed by atoms with Crippen molar-refractivity contribution in [1.29, 1.82) is 0 Å². The summed E-state index contributed by atoms with van der Waals surface area (Å²) in [5.74, 6) is -0.574. The zero-order valence-electron chi connectivity index (χ0n) is 8.32. The first-order chi connectivity index (χ1) is 6.22. The molecular formula is C10H18O3. The molecule has 0 aliphatic heterocycles. The van der Waals surface area contributed by atoms with Crippen LogP contribution in [0.5, 0.6) is 0 Å². The van der Waals surface area contributed by atoms with E-state index in [1.807, 2.05) is 6.08 Å². The SMILES string of the molecule is CCCC/C=C/[C@@H](O)C(=O)OCC. The molecular weight excluding hydrogens is 168 g/mol. The molecule has 0 saturated heterocycles. The van der Waals surface area contributed by atoms with Crippen molar-refractivity contribution in [3.8, 4) is 0 Å². The Morgan fingerprint density at radius 3 is 2.77 bits per heavy atom. The third-order valence-corrected chi connectivity index (χ3v) is 1.57. The first-order valence-electron chi connectivity index (χ1n) is 4.73. The number of unbranched alkanes of at least 4 members (excludes halogenated alkanes) is 2. The lowest BCUT2D eigenvalue weighted by atomic mass is 10.2. The van der Waals surface area contributed by atoms with Crippen LogP contribution in [0, 0.1) is 0 Å². The molecule has 0 radical (unpaired) electrons. The normalized spacial score (nSPS) is 13.2. The van der Waals surface area contributed by atoms with Gasteiger partial charge in [0.05, 0.1) is 6.61 Å². The second kappa shape index (κ2) is 7.80. The van der Waals surface area contributed by atoms with Gasteiger partial charge < -0.3 is 9.84 Å². The van der Waals surface area contributed by atoms with Crippen LogP contribution in [0.3, 0.4) is 0 Å². The maximum atomic E-state index is 10.9. The van der Waals surface area contributed by atoms with E-state index in [0.29, 0.717) is 6.61 Å². The van der Waals surface area contributed by atoms with Crippen molar-refractivity contribution in [2.75, 3.05) is 6.61 Å². The van der Waals surface area contributed by atoms with Gasteiger partial charge in [-0.15, -0.1) is 0 Å². The summed E-state index contributed by atoms with van der Waals surface area (Å²) in [6.45, 7) is 4.11. The molecule has 0 heterocycles. The third kappa shape index (κ3) is 6.34. The lowest BCUT2D eigenvalue weighted by Crippen LogP contribution is -2.20. The standard InChI is InChI=1S/C10H18O3/c1-3-5-6-7-8-9(11)10(12)13-4-2/h7-9,11H,3-6H2,1-2H3/b8-7+/t9-/m1/s1. The Labute approximate surface area is 79.4 Å². The highest BCUT2D eigenvalue weighted by molar-refractivity contribution is 5.76. The second-order valence-corrected chi connectivity index (χ2v) is 2.77. The fraction of sp³-hybridized carbons (Fsp3) is 0.700. The fourth-order valence-electron chi connectivity index (χ4n) is 0.853. The maximum absolute atomic E-state index is 10.9. The van der Waals surface area contributed by atoms with E-state index in [-0.39, 0.29) is 0 Å². The van der Waals surface area contributed by atoms with Crippen molar-refractivity contribution in [2.24, 2.45) is 0 Å². The Morgan fingerprint density at radius 2 is 2.23 bits per heavy atom. The van der Waals surface area contributed by atoms with Gasteiger partial charge in [0.1, 0.15) is 0 Å². The van der Waals surface area contributed by atoms with E-state index < -0.39 is 12.1 Å². The van der Waals surface area contributed by atoms with E-state index in [2.05, 4.69) is 11.7 Å². The molecule has 1 atom stereocenters. The smallest absolute Gasteiger partial charge is 0.338 e. The third-order valence-electron chi connectivity index (χ3n) is 1.57. The Morgan fingerprint density at radius 1 is 1.54 bits per heavy atom. The maximum Gasteiger partial charge on any atom is 0.338 e. The van der Waals surface area contributed by atoms with E-state index in [4.69, 9.17) is 0 Å². The van der Waals surface area contributed by atoms with Gasteiger partial charge in [-0.2, -0.15) is 0 Å². The Kier molecular flexibility index (Phi) is 7.30. The minimum absolute atomic E-state index is 0.304. The van der Waals surface area contributed by atoms with Crippen molar-refractivity contribution in [3.63, 3.8) is 0 Å². The van der Waals surface area contributed by atoms with Crippen LogP contribution in [0.25, 0.3) is 0 Å². The highest BCUT2D eigenvalue weighted by atomic mass is 16.5. The molecule has 13 heavy (non-hydrogen) atoms. The van der Waals surface area contributed by atoms with Crippen LogP contribution >= 0.6 is 0 Å². The molecule has 0 aliphatic carbocycles. The van der Waals surface area contributed by atoms with Gasteiger partial charge in [0, 0.05) is 0 Å². The minimum Gasteiger partial charge on any atom is -0.464 e. The van der Waals surface area contributed by atoms with Gasteiger partial charge in [0.25, 0.3) is 0 Å². The van der Waals surface area contributed by atoms with Crippen LogP contribution in [-0.4, -0.2) is 23.8 Å². The van der Waals surface area contributed by atoms with E-state index in [0.717, 1.165) is 19.3 Å². The van der Waals surface area contributed by atoms with Crippen LogP contribution in [0.15, 0.2) is 12.2 Å². The molecule has 0 aromatic heterocycles. The van der Waals surface area contributed by atoms with Gasteiger partial charge in [-0.1, -0.05) is 25.8 Å². The number of aliphatic hydroxyl groups excluding tert-OH is 1. The number of ether oxygens (including phenoxy) is 1. The summed E-state index contributed by atoms with van der Waals surface area (Å²) < 4.78 is 4.62. The summed E-state index contributed by atoms with van der Waals surface area (Å²) >= 11 is 0. The largest absolute Gasteiger partial charge is 0.464 e. The molecule has 0 aliphatic rings. The van der Waals surface area contributed by atoms with Crippen molar-refractivity contribution < 1.29 is 14.6 Å². The van der Waals surface area contributed by atoms with Gasteiger partial charge in [0.2, 0.25) is 0 Å². The summed E-state index contributed by atoms with van der Waals surface area (Å²) in [6.07, 6.45) is 5.27. The molecule has 0 aromatic carbocycles. The van der Waals surface area contributed by atoms with Crippen molar-refractivity contribution in [1.82, 2.24) is 0 Å². The molecule has 0 unspecified atom stereocenters. The zero-order valence-corrected chi connectivity index (χ0v) is 8.32. The van der Waals surface area contributed by atoms with Crippen LogP contribution in [0.2, 0.25) is 0 Å². The number of rotatable bonds is 6. The number of hydrogen-bond acceptors (Lipinski definition) is 3. The van der Waals surface area contributed by atoms with Gasteiger partial charge >= 0.3 is 5.97 Å². The van der Waals surface area contributed by atoms with Crippen LogP contribution in [0.4, 0.5) is 0 Å². The average Bonchev–Trinajstić information content (AvgIpc) is 2.12. The predicted octanol–water partition coefficient (Wildman–Crippen LogP) is 1.66. The highest BCUT2D eigenvalue weighted by Gasteiger charge is 2.10. The molecule has 0 aromatic rings. The summed E-state index contributed by atoms with van der Waals surface area (Å²) in [4.78, 5) is 10.9. The van der Waals surface area contributed by atoms with E-state index >= 15 is 0 Å². The molecule has 3 nitrogen and oxygen atoms in total. The summed E-state index contributed by atoms with van der Waals surface area (Å²) in [5, 5.41) is 9.19. The van der Waals surface area contributed by atoms with Crippen LogP contribution in [-0.2, 0) is 9.53 Å². The minimum atomic E-state index is -1.10. The second-order valence-electron chi connectivity index (χ2n) is 2.77. The van der Waals surface area contributed by atoms with Crippen molar-refractivity contribution in [2.45, 2.75) is 39.2 Å². The van der Waals surface area contributed by atoms with E-state index in [9.17, 15) is 9.90 Å². The number of allylic oxidation sites excluding steroid dienone is 1. The summed E-state index contributed by atoms with van der Waals surface area (Å²) in [7, 11) is 0. The molecule has 0 rings (SSSR count). The molecule has 3 heteroatoms. The van der Waals surface area contributed by atoms with Crippen LogP contribution in [0.1, 0.15) is 33.1 Å². The lowest BCUT2D eigenvalue weighted by molar-refractivity contribution is -0.150. The molecule has 76 valence electrons. The topological polar surface area (TPSA) is 46.5 Å². The molecule has 1 N–H and O–H groups in total. The van der Waals surface area contributed by atoms with Crippen LogP contribution < -0.4 is 0 Å². The zero-order chi connectivity index (χ0) is 10.1. The number of carbonyl (C=O) groups is 1. The fourth-order valence-corrected chi connectivity index (χ4v) is 0.853. The van der Waals surface area contributed by atoms with Gasteiger partial charge in [-0.25, -0.2) is 4.79 Å². The monoisotopic (exact) mass is 186 g/mol. The number of esters is 1. The Bertz CT molecular complexity index is 164. The molecule has 0 saturated carbocycles. The molecule has 0 spiro atoms. The van der Waals surface area contributed by atoms with E-state index in [1.54, 1.807) is 6.92 Å². The summed E-state index contributed by atoms with van der Waals surface area (Å²) in [5.41, 5.74) is 0. The van der Waals surface area contributed by atoms with Gasteiger partial charge in [-0.3, -0.25) is 0 Å². The van der Waals surface area contributed by atoms with Crippen molar-refractivity contribution >= 4 is 5.97 Å². The lowest BCUT2D eigenvalue weighted by Gasteiger charge is -2.03. The van der Waals surface area contributed by atoms with Crippen molar-refractivity contribution in [3.05, 3.63) is 12.2 Å². The predicted molar refractivity (Wildman–Crippen MR) is 51.3 cm³/mol. The molecule has 0 amide bonds. The first kappa shape index (κ1) is 12.2. The number of hydrogen-bond donors (Lipinski definition) is 1. The summed E-state index contributed by atoms with van der Waals surface area (Å²) in [6, 6.07) is 0. The highest BCUT2D eigenvalue weighted by Crippen LogP contribution is 1.97. The van der Waals surface area contributed by atoms with Gasteiger partial charge in [0.15, 0.2) is 6.10 Å². The van der Waals surface area contributed by atoms with Gasteiger partial charge in [-0.05, 0) is 19.4 Å². The molecule has 0 bridgehead atoms.